The maximum atomic E-state index is 10.5. The van der Waals surface area contributed by atoms with E-state index in [1.807, 2.05) is 0 Å². The average Bonchev–Trinajstić information content (AvgIpc) is 2.26. The maximum Gasteiger partial charge on any atom is 0.304 e. The molecule has 1 N–H and O–H groups in total. The molecule has 0 fully saturated rings. The number of ether oxygens (including phenoxy) is 2. The van der Waals surface area contributed by atoms with Crippen molar-refractivity contribution < 1.29 is 19.4 Å². The van der Waals surface area contributed by atoms with Gasteiger partial charge in [0.25, 0.3) is 0 Å². The van der Waals surface area contributed by atoms with Crippen LogP contribution in [0.25, 0.3) is 0 Å². The number of hydrogen-bond acceptors (Lipinski definition) is 4. The molecule has 17 heavy (non-hydrogen) atoms. The summed E-state index contributed by atoms with van der Waals surface area (Å²) < 4.78 is 10.4. The fourth-order valence-electron chi connectivity index (χ4n) is 1.46. The van der Waals surface area contributed by atoms with Crippen LogP contribution in [-0.4, -0.2) is 62.0 Å². The van der Waals surface area contributed by atoms with Crippen LogP contribution in [0, 0.1) is 0 Å². The number of carboxylic acids is 1. The van der Waals surface area contributed by atoms with Crippen LogP contribution >= 0.6 is 0 Å². The Kier molecular flexibility index (Phi) is 10.1. The molecule has 0 saturated carbocycles. The van der Waals surface area contributed by atoms with Crippen molar-refractivity contribution in [2.24, 2.45) is 0 Å². The Morgan fingerprint density at radius 2 is 1.94 bits per heavy atom. The molecule has 5 heteroatoms. The number of rotatable bonds is 11. The molecule has 0 atom stereocenters. The zero-order chi connectivity index (χ0) is 13.1. The van der Waals surface area contributed by atoms with Crippen LogP contribution in [-0.2, 0) is 14.3 Å². The molecule has 0 aliphatic carbocycles. The maximum absolute atomic E-state index is 10.5. The van der Waals surface area contributed by atoms with Crippen LogP contribution in [0.3, 0.4) is 0 Å². The van der Waals surface area contributed by atoms with Crippen LogP contribution in [0.5, 0.6) is 0 Å². The number of aliphatic carboxylic acids is 1. The van der Waals surface area contributed by atoms with Crippen molar-refractivity contribution in [1.82, 2.24) is 4.90 Å². The van der Waals surface area contributed by atoms with E-state index in [1.165, 1.54) is 0 Å². The van der Waals surface area contributed by atoms with Gasteiger partial charge in [-0.05, 0) is 20.3 Å². The van der Waals surface area contributed by atoms with Gasteiger partial charge in [-0.3, -0.25) is 9.69 Å². The van der Waals surface area contributed by atoms with Gasteiger partial charge in [-0.1, -0.05) is 0 Å². The fraction of sp³-hybridized carbons (Fsp3) is 0.917. The molecule has 0 spiro atoms. The van der Waals surface area contributed by atoms with Gasteiger partial charge in [0.1, 0.15) is 0 Å². The summed E-state index contributed by atoms with van der Waals surface area (Å²) in [5.74, 6) is -0.753. The topological polar surface area (TPSA) is 59.0 Å². The molecule has 0 unspecified atom stereocenters. The molecule has 0 aromatic carbocycles. The van der Waals surface area contributed by atoms with Crippen molar-refractivity contribution >= 4 is 5.97 Å². The second kappa shape index (κ2) is 10.5. The van der Waals surface area contributed by atoms with E-state index in [0.29, 0.717) is 32.4 Å². The highest BCUT2D eigenvalue weighted by Gasteiger charge is 2.10. The summed E-state index contributed by atoms with van der Waals surface area (Å²) >= 11 is 0. The van der Waals surface area contributed by atoms with Gasteiger partial charge in [0.2, 0.25) is 0 Å². The molecule has 0 radical (unpaired) electrons. The lowest BCUT2D eigenvalue weighted by molar-refractivity contribution is -0.137. The number of hydrogen-bond donors (Lipinski definition) is 1. The predicted octanol–water partition coefficient (Wildman–Crippen LogP) is 1.22. The number of methoxy groups -OCH3 is 1. The van der Waals surface area contributed by atoms with E-state index in [9.17, 15) is 4.79 Å². The minimum absolute atomic E-state index is 0.182. The van der Waals surface area contributed by atoms with Gasteiger partial charge in [-0.2, -0.15) is 0 Å². The second-order valence-electron chi connectivity index (χ2n) is 4.23. The highest BCUT2D eigenvalue weighted by molar-refractivity contribution is 5.66. The summed E-state index contributed by atoms with van der Waals surface area (Å²) in [5.41, 5.74) is 0. The van der Waals surface area contributed by atoms with Gasteiger partial charge < -0.3 is 14.6 Å². The summed E-state index contributed by atoms with van der Waals surface area (Å²) in [6.45, 7) is 7.53. The van der Waals surface area contributed by atoms with Gasteiger partial charge in [0.05, 0.1) is 13.0 Å². The van der Waals surface area contributed by atoms with Crippen molar-refractivity contribution in [3.8, 4) is 0 Å². The van der Waals surface area contributed by atoms with Crippen LogP contribution in [0.4, 0.5) is 0 Å². The minimum Gasteiger partial charge on any atom is -0.481 e. The molecule has 0 aromatic rings. The quantitative estimate of drug-likeness (QED) is 0.556. The van der Waals surface area contributed by atoms with Crippen molar-refractivity contribution in [1.29, 1.82) is 0 Å². The third-order valence-electron chi connectivity index (χ3n) is 2.50. The van der Waals surface area contributed by atoms with Crippen molar-refractivity contribution in [2.45, 2.75) is 32.7 Å². The summed E-state index contributed by atoms with van der Waals surface area (Å²) in [5, 5.41) is 8.64. The van der Waals surface area contributed by atoms with Gasteiger partial charge in [0, 0.05) is 39.5 Å². The molecule has 0 aliphatic heterocycles. The van der Waals surface area contributed by atoms with Crippen LogP contribution in [0.15, 0.2) is 0 Å². The fourth-order valence-corrected chi connectivity index (χ4v) is 1.46. The zero-order valence-corrected chi connectivity index (χ0v) is 11.1. The molecular weight excluding hydrogens is 222 g/mol. The first-order valence-corrected chi connectivity index (χ1v) is 6.10. The first-order valence-electron chi connectivity index (χ1n) is 6.10. The van der Waals surface area contributed by atoms with Crippen molar-refractivity contribution in [2.75, 3.05) is 40.0 Å². The molecular formula is C12H25NO4. The van der Waals surface area contributed by atoms with E-state index in [2.05, 4.69) is 18.7 Å². The first kappa shape index (κ1) is 16.4. The minimum atomic E-state index is -0.753. The van der Waals surface area contributed by atoms with Crippen LogP contribution in [0.1, 0.15) is 26.7 Å². The molecule has 0 amide bonds. The number of carboxylic acid groups (broad SMARTS) is 1. The summed E-state index contributed by atoms with van der Waals surface area (Å²) in [7, 11) is 1.67. The largest absolute Gasteiger partial charge is 0.481 e. The van der Waals surface area contributed by atoms with E-state index < -0.39 is 5.97 Å². The lowest BCUT2D eigenvalue weighted by Gasteiger charge is -2.25. The summed E-state index contributed by atoms with van der Waals surface area (Å²) in [6.07, 6.45) is 1.08. The SMILES string of the molecule is COCCCOCCN(CCC(=O)O)C(C)C. The van der Waals surface area contributed by atoms with Gasteiger partial charge in [-0.15, -0.1) is 0 Å². The zero-order valence-electron chi connectivity index (χ0n) is 11.1. The molecule has 5 nitrogen and oxygen atoms in total. The Morgan fingerprint density at radius 3 is 2.47 bits per heavy atom. The Hall–Kier alpha value is -0.650. The molecule has 102 valence electrons. The number of carbonyl (C=O) groups is 1. The molecule has 0 heterocycles. The third kappa shape index (κ3) is 10.2. The molecule has 0 rings (SSSR count). The highest BCUT2D eigenvalue weighted by atomic mass is 16.5. The van der Waals surface area contributed by atoms with Gasteiger partial charge in [0.15, 0.2) is 0 Å². The van der Waals surface area contributed by atoms with E-state index in [-0.39, 0.29) is 6.42 Å². The Balaban J connectivity index is 3.59. The number of nitrogens with zero attached hydrogens (tertiary/aromatic N) is 1. The summed E-state index contributed by atoms with van der Waals surface area (Å²) in [4.78, 5) is 12.6. The van der Waals surface area contributed by atoms with Crippen LogP contribution < -0.4 is 0 Å². The lowest BCUT2D eigenvalue weighted by atomic mass is 10.3. The second-order valence-corrected chi connectivity index (χ2v) is 4.23. The normalized spacial score (nSPS) is 11.4. The third-order valence-corrected chi connectivity index (χ3v) is 2.50. The molecule has 0 saturated heterocycles. The van der Waals surface area contributed by atoms with Gasteiger partial charge in [-0.25, -0.2) is 0 Å². The van der Waals surface area contributed by atoms with E-state index >= 15 is 0 Å². The average molecular weight is 247 g/mol. The predicted molar refractivity (Wildman–Crippen MR) is 66.3 cm³/mol. The van der Waals surface area contributed by atoms with E-state index in [0.717, 1.165) is 13.0 Å². The van der Waals surface area contributed by atoms with Crippen molar-refractivity contribution in [3.63, 3.8) is 0 Å². The smallest absolute Gasteiger partial charge is 0.304 e. The van der Waals surface area contributed by atoms with E-state index in [1.54, 1.807) is 7.11 Å². The lowest BCUT2D eigenvalue weighted by Crippen LogP contribution is -2.35. The van der Waals surface area contributed by atoms with E-state index in [4.69, 9.17) is 14.6 Å². The first-order chi connectivity index (χ1) is 8.07. The molecule has 0 aliphatic rings. The summed E-state index contributed by atoms with van der Waals surface area (Å²) in [6, 6.07) is 0.344. The Morgan fingerprint density at radius 1 is 1.24 bits per heavy atom. The van der Waals surface area contributed by atoms with Crippen molar-refractivity contribution in [3.05, 3.63) is 0 Å². The molecule has 0 bridgehead atoms. The van der Waals surface area contributed by atoms with Gasteiger partial charge >= 0.3 is 5.97 Å². The monoisotopic (exact) mass is 247 g/mol. The standard InChI is InChI=1S/C12H25NO4/c1-11(2)13(6-5-12(14)15)7-10-17-9-4-8-16-3/h11H,4-10H2,1-3H3,(H,14,15). The van der Waals surface area contributed by atoms with Crippen LogP contribution in [0.2, 0.25) is 0 Å². The Labute approximate surface area is 104 Å². The molecule has 0 aromatic heterocycles. The highest BCUT2D eigenvalue weighted by Crippen LogP contribution is 2.00. The Bertz CT molecular complexity index is 197.